The Kier molecular flexibility index (Phi) is 4.80. The van der Waals surface area contributed by atoms with Gasteiger partial charge >= 0.3 is 0 Å². The van der Waals surface area contributed by atoms with Crippen LogP contribution in [0.5, 0.6) is 0 Å². The molecule has 1 saturated heterocycles. The van der Waals surface area contributed by atoms with Gasteiger partial charge in [0.15, 0.2) is 0 Å². The fraction of sp³-hybridized carbons (Fsp3) is 0.312. The molecule has 8 nitrogen and oxygen atoms in total. The van der Waals surface area contributed by atoms with E-state index in [1.54, 1.807) is 18.5 Å². The maximum atomic E-state index is 13.2. The van der Waals surface area contributed by atoms with Gasteiger partial charge in [0.1, 0.15) is 0 Å². The number of sulfonamides is 1. The van der Waals surface area contributed by atoms with Gasteiger partial charge in [-0.1, -0.05) is 12.1 Å². The van der Waals surface area contributed by atoms with Crippen molar-refractivity contribution in [2.24, 2.45) is 0 Å². The molecule has 3 rings (SSSR count). The Hall–Kier alpha value is -2.36. The molecule has 2 aromatic rings. The minimum atomic E-state index is -3.88. The number of nitrogens with zero attached hydrogens (tertiary/aromatic N) is 3. The van der Waals surface area contributed by atoms with Crippen LogP contribution >= 0.6 is 0 Å². The summed E-state index contributed by atoms with van der Waals surface area (Å²) in [5.74, 6) is 0. The number of aromatic nitrogens is 1. The molecule has 0 spiro atoms. The van der Waals surface area contributed by atoms with Gasteiger partial charge in [-0.05, 0) is 24.6 Å². The van der Waals surface area contributed by atoms with Crippen LogP contribution in [0.15, 0.2) is 47.6 Å². The van der Waals surface area contributed by atoms with Crippen molar-refractivity contribution in [1.29, 1.82) is 0 Å². The molecule has 1 aromatic heterocycles. The maximum Gasteiger partial charge on any atom is 0.273 e. The first-order valence-electron chi connectivity index (χ1n) is 7.79. The highest BCUT2D eigenvalue weighted by Crippen LogP contribution is 2.32. The van der Waals surface area contributed by atoms with E-state index < -0.39 is 21.0 Å². The molecule has 132 valence electrons. The van der Waals surface area contributed by atoms with E-state index in [4.69, 9.17) is 0 Å². The van der Waals surface area contributed by atoms with E-state index in [1.807, 2.05) is 6.07 Å². The lowest BCUT2D eigenvalue weighted by Crippen LogP contribution is -2.48. The first-order valence-corrected chi connectivity index (χ1v) is 9.23. The Morgan fingerprint density at radius 3 is 2.80 bits per heavy atom. The van der Waals surface area contributed by atoms with Crippen LogP contribution in [0, 0.1) is 17.0 Å². The lowest BCUT2D eigenvalue weighted by Gasteiger charge is -2.35. The van der Waals surface area contributed by atoms with Crippen LogP contribution in [0.3, 0.4) is 0 Å². The minimum absolute atomic E-state index is 0.0301. The van der Waals surface area contributed by atoms with Crippen LogP contribution in [0.1, 0.15) is 17.2 Å². The molecule has 1 N–H and O–H groups in total. The van der Waals surface area contributed by atoms with E-state index in [1.165, 1.54) is 29.4 Å². The summed E-state index contributed by atoms with van der Waals surface area (Å²) in [7, 11) is -3.88. The Balaban J connectivity index is 2.06. The Morgan fingerprint density at radius 2 is 2.12 bits per heavy atom. The molecule has 1 aliphatic rings. The molecule has 0 aliphatic carbocycles. The number of piperazine rings is 1. The molecule has 1 aromatic carbocycles. The topological polar surface area (TPSA) is 105 Å². The van der Waals surface area contributed by atoms with E-state index >= 15 is 0 Å². The summed E-state index contributed by atoms with van der Waals surface area (Å²) in [6.45, 7) is 2.72. The van der Waals surface area contributed by atoms with E-state index in [2.05, 4.69) is 10.3 Å². The minimum Gasteiger partial charge on any atom is -0.313 e. The Bertz CT molecular complexity index is 886. The number of pyridine rings is 1. The summed E-state index contributed by atoms with van der Waals surface area (Å²) in [6.07, 6.45) is 3.27. The summed E-state index contributed by atoms with van der Waals surface area (Å²) >= 11 is 0. The lowest BCUT2D eigenvalue weighted by molar-refractivity contribution is -0.385. The predicted octanol–water partition coefficient (Wildman–Crippen LogP) is 1.63. The second-order valence-corrected chi connectivity index (χ2v) is 7.64. The first-order chi connectivity index (χ1) is 11.9. The number of rotatable bonds is 4. The number of nitro benzene ring substituents is 1. The molecule has 1 atom stereocenters. The van der Waals surface area contributed by atoms with Crippen LogP contribution < -0.4 is 5.32 Å². The van der Waals surface area contributed by atoms with Gasteiger partial charge in [0.25, 0.3) is 5.69 Å². The zero-order valence-electron chi connectivity index (χ0n) is 13.6. The molecule has 1 fully saturated rings. The molecule has 2 heterocycles. The van der Waals surface area contributed by atoms with E-state index in [0.717, 1.165) is 5.56 Å². The number of nitrogens with one attached hydrogen (secondary N) is 1. The van der Waals surface area contributed by atoms with Crippen LogP contribution in [0.2, 0.25) is 0 Å². The molecule has 0 amide bonds. The van der Waals surface area contributed by atoms with Crippen LogP contribution in [-0.4, -0.2) is 42.3 Å². The average molecular weight is 362 g/mol. The summed E-state index contributed by atoms with van der Waals surface area (Å²) in [6, 6.07) is 7.30. The van der Waals surface area contributed by atoms with Gasteiger partial charge in [0.05, 0.1) is 15.9 Å². The van der Waals surface area contributed by atoms with Crippen molar-refractivity contribution in [2.45, 2.75) is 17.9 Å². The van der Waals surface area contributed by atoms with Crippen molar-refractivity contribution in [3.05, 3.63) is 64.0 Å². The number of nitro groups is 1. The van der Waals surface area contributed by atoms with Gasteiger partial charge in [-0.15, -0.1) is 0 Å². The fourth-order valence-corrected chi connectivity index (χ4v) is 4.89. The van der Waals surface area contributed by atoms with Crippen LogP contribution in [-0.2, 0) is 10.0 Å². The van der Waals surface area contributed by atoms with Crippen molar-refractivity contribution in [3.8, 4) is 0 Å². The molecule has 0 saturated carbocycles. The lowest BCUT2D eigenvalue weighted by atomic mass is 10.1. The average Bonchev–Trinajstić information content (AvgIpc) is 2.62. The molecule has 25 heavy (non-hydrogen) atoms. The quantitative estimate of drug-likeness (QED) is 0.655. The highest BCUT2D eigenvalue weighted by molar-refractivity contribution is 7.89. The SMILES string of the molecule is Cc1c([N+](=O)[O-])cccc1S(=O)(=O)N1CCNCC1c1cccnc1. The third kappa shape index (κ3) is 3.26. The summed E-state index contributed by atoms with van der Waals surface area (Å²) in [5, 5.41) is 14.3. The zero-order chi connectivity index (χ0) is 18.0. The van der Waals surface area contributed by atoms with Gasteiger partial charge < -0.3 is 5.32 Å². The fourth-order valence-electron chi connectivity index (χ4n) is 3.04. The smallest absolute Gasteiger partial charge is 0.273 e. The van der Waals surface area contributed by atoms with Crippen molar-refractivity contribution in [1.82, 2.24) is 14.6 Å². The molecular weight excluding hydrogens is 344 g/mol. The van der Waals surface area contributed by atoms with Gasteiger partial charge in [0, 0.05) is 43.7 Å². The van der Waals surface area contributed by atoms with E-state index in [0.29, 0.717) is 13.1 Å². The van der Waals surface area contributed by atoms with E-state index in [-0.39, 0.29) is 22.7 Å². The molecule has 0 radical (unpaired) electrons. The Labute approximate surface area is 145 Å². The number of hydrogen-bond acceptors (Lipinski definition) is 6. The monoisotopic (exact) mass is 362 g/mol. The molecule has 9 heteroatoms. The van der Waals surface area contributed by atoms with Crippen molar-refractivity contribution in [2.75, 3.05) is 19.6 Å². The summed E-state index contributed by atoms with van der Waals surface area (Å²) in [5.41, 5.74) is 0.728. The van der Waals surface area contributed by atoms with Gasteiger partial charge in [-0.3, -0.25) is 15.1 Å². The predicted molar refractivity (Wildman–Crippen MR) is 91.6 cm³/mol. The summed E-state index contributed by atoms with van der Waals surface area (Å²) in [4.78, 5) is 14.6. The number of benzene rings is 1. The first kappa shape index (κ1) is 17.5. The standard InChI is InChI=1S/C16H18N4O4S/c1-12-14(20(21)22)5-2-6-16(12)25(23,24)19-9-8-18-11-15(19)13-4-3-7-17-10-13/h2-7,10,15,18H,8-9,11H2,1H3. The highest BCUT2D eigenvalue weighted by Gasteiger charge is 2.36. The third-order valence-electron chi connectivity index (χ3n) is 4.30. The van der Waals surface area contributed by atoms with Crippen LogP contribution in [0.4, 0.5) is 5.69 Å². The van der Waals surface area contributed by atoms with Crippen LogP contribution in [0.25, 0.3) is 0 Å². The Morgan fingerprint density at radius 1 is 1.32 bits per heavy atom. The largest absolute Gasteiger partial charge is 0.313 e. The second kappa shape index (κ2) is 6.87. The molecule has 0 bridgehead atoms. The zero-order valence-corrected chi connectivity index (χ0v) is 14.4. The highest BCUT2D eigenvalue weighted by atomic mass is 32.2. The van der Waals surface area contributed by atoms with Gasteiger partial charge in [0.2, 0.25) is 10.0 Å². The summed E-state index contributed by atoms with van der Waals surface area (Å²) < 4.78 is 27.8. The van der Waals surface area contributed by atoms with Crippen molar-refractivity contribution in [3.63, 3.8) is 0 Å². The maximum absolute atomic E-state index is 13.2. The molecule has 1 aliphatic heterocycles. The third-order valence-corrected chi connectivity index (χ3v) is 6.35. The van der Waals surface area contributed by atoms with Gasteiger partial charge in [-0.2, -0.15) is 4.31 Å². The van der Waals surface area contributed by atoms with E-state index in [9.17, 15) is 18.5 Å². The number of hydrogen-bond donors (Lipinski definition) is 1. The van der Waals surface area contributed by atoms with Crippen molar-refractivity contribution < 1.29 is 13.3 Å². The van der Waals surface area contributed by atoms with Crippen molar-refractivity contribution >= 4 is 15.7 Å². The second-order valence-electron chi connectivity index (χ2n) is 5.78. The normalized spacial score (nSPS) is 18.8. The molecule has 1 unspecified atom stereocenters. The van der Waals surface area contributed by atoms with Gasteiger partial charge in [-0.25, -0.2) is 8.42 Å². The molecular formula is C16H18N4O4S.